The summed E-state index contributed by atoms with van der Waals surface area (Å²) < 4.78 is 9.37. The van der Waals surface area contributed by atoms with E-state index in [1.54, 1.807) is 0 Å². The van der Waals surface area contributed by atoms with Crippen molar-refractivity contribution in [2.75, 3.05) is 4.90 Å². The zero-order valence-electron chi connectivity index (χ0n) is 41.4. The van der Waals surface area contributed by atoms with Crippen molar-refractivity contribution in [3.8, 4) is 61.3 Å². The summed E-state index contributed by atoms with van der Waals surface area (Å²) in [6, 6.07) is 103. The smallest absolute Gasteiger partial charge is 0.137 e. The molecule has 3 nitrogen and oxygen atoms in total. The van der Waals surface area contributed by atoms with Crippen molar-refractivity contribution in [1.29, 1.82) is 0 Å². The number of benzene rings is 12. The second kappa shape index (κ2) is 16.5. The largest absolute Gasteiger partial charge is 0.456 e. The van der Waals surface area contributed by atoms with E-state index >= 15 is 0 Å². The fourth-order valence-electron chi connectivity index (χ4n) is 13.2. The van der Waals surface area contributed by atoms with Crippen molar-refractivity contribution < 1.29 is 4.42 Å². The minimum atomic E-state index is -0.516. The van der Waals surface area contributed by atoms with Gasteiger partial charge in [0.1, 0.15) is 11.2 Å². The number of aromatic nitrogens is 1. The third-order valence-electron chi connectivity index (χ3n) is 16.4. The Morgan fingerprint density at radius 3 is 1.47 bits per heavy atom. The highest BCUT2D eigenvalue weighted by molar-refractivity contribution is 6.18. The molecule has 0 saturated carbocycles. The van der Waals surface area contributed by atoms with Crippen molar-refractivity contribution in [2.24, 2.45) is 0 Å². The summed E-state index contributed by atoms with van der Waals surface area (Å²) in [4.78, 5) is 2.51. The van der Waals surface area contributed by atoms with E-state index in [1.807, 2.05) is 0 Å². The van der Waals surface area contributed by atoms with Gasteiger partial charge >= 0.3 is 0 Å². The lowest BCUT2D eigenvalue weighted by Gasteiger charge is -2.33. The number of furan rings is 1. The Kier molecular flexibility index (Phi) is 9.25. The first-order valence-electron chi connectivity index (χ1n) is 26.2. The van der Waals surface area contributed by atoms with Gasteiger partial charge in [-0.25, -0.2) is 0 Å². The standard InChI is InChI=1S/C73H46N2O/c1-4-18-47(19-5-1)48-32-36-53(37-33-48)74(54-38-39-59-58-26-12-16-30-65(58)73(66(59)46-54)63-28-14-10-24-56(63)57-25-11-15-29-64(57)73)72-55(49-20-6-2-7-21-49)40-43-70-71(72)62-45-51(35-42-69(62)76-70)50-34-41-68-61(44-50)60-27-13-17-31-67(60)75(68)52-22-8-3-9-23-52/h1-46H. The van der Waals surface area contributed by atoms with Crippen LogP contribution in [0.5, 0.6) is 0 Å². The molecule has 0 amide bonds. The second-order valence-corrected chi connectivity index (χ2v) is 20.3. The van der Waals surface area contributed by atoms with E-state index in [9.17, 15) is 0 Å². The Balaban J connectivity index is 0.964. The Morgan fingerprint density at radius 1 is 0.303 bits per heavy atom. The minimum absolute atomic E-state index is 0.516. The number of hydrogen-bond donors (Lipinski definition) is 0. The predicted octanol–water partition coefficient (Wildman–Crippen LogP) is 19.5. The maximum Gasteiger partial charge on any atom is 0.137 e. The molecular formula is C73H46N2O. The molecule has 14 aromatic rings. The lowest BCUT2D eigenvalue weighted by molar-refractivity contribution is 0.669. The number of hydrogen-bond acceptors (Lipinski definition) is 2. The van der Waals surface area contributed by atoms with E-state index in [0.717, 1.165) is 72.5 Å². The molecule has 76 heavy (non-hydrogen) atoms. The van der Waals surface area contributed by atoms with Gasteiger partial charge in [-0.2, -0.15) is 0 Å². The average Bonchev–Trinajstić information content (AvgIpc) is 4.40. The molecule has 1 spiro atoms. The van der Waals surface area contributed by atoms with Gasteiger partial charge < -0.3 is 13.9 Å². The zero-order valence-corrected chi connectivity index (χ0v) is 41.4. The van der Waals surface area contributed by atoms with E-state index in [1.165, 1.54) is 71.9 Å². The van der Waals surface area contributed by atoms with Crippen LogP contribution in [-0.2, 0) is 5.41 Å². The number of rotatable bonds is 7. The topological polar surface area (TPSA) is 21.3 Å². The summed E-state index contributed by atoms with van der Waals surface area (Å²) in [7, 11) is 0. The Hall–Kier alpha value is -9.96. The molecule has 0 saturated heterocycles. The van der Waals surface area contributed by atoms with Gasteiger partial charge in [-0.3, -0.25) is 0 Å². The van der Waals surface area contributed by atoms with Crippen LogP contribution in [-0.4, -0.2) is 4.57 Å². The Morgan fingerprint density at radius 2 is 0.789 bits per heavy atom. The van der Waals surface area contributed by atoms with Gasteiger partial charge in [0.05, 0.1) is 27.5 Å². The van der Waals surface area contributed by atoms with Crippen LogP contribution in [0.2, 0.25) is 0 Å². The number of nitrogens with zero attached hydrogens (tertiary/aromatic N) is 2. The summed E-state index contributed by atoms with van der Waals surface area (Å²) in [5.74, 6) is 0. The minimum Gasteiger partial charge on any atom is -0.456 e. The first kappa shape index (κ1) is 42.5. The monoisotopic (exact) mass is 966 g/mol. The fourth-order valence-corrected chi connectivity index (χ4v) is 13.2. The molecule has 12 aromatic carbocycles. The predicted molar refractivity (Wildman–Crippen MR) is 315 cm³/mol. The molecule has 354 valence electrons. The molecule has 0 fully saturated rings. The van der Waals surface area contributed by atoms with Crippen LogP contribution >= 0.6 is 0 Å². The maximum absolute atomic E-state index is 6.99. The normalized spacial score (nSPS) is 12.8. The van der Waals surface area contributed by atoms with Gasteiger partial charge in [-0.05, 0) is 151 Å². The molecular weight excluding hydrogens is 921 g/mol. The third kappa shape index (κ3) is 6.11. The molecule has 0 aliphatic heterocycles. The first-order chi connectivity index (χ1) is 37.7. The van der Waals surface area contributed by atoms with Crippen LogP contribution in [0, 0.1) is 0 Å². The first-order valence-corrected chi connectivity index (χ1v) is 26.2. The van der Waals surface area contributed by atoms with Crippen molar-refractivity contribution in [3.63, 3.8) is 0 Å². The Labute approximate surface area is 440 Å². The van der Waals surface area contributed by atoms with E-state index < -0.39 is 5.41 Å². The molecule has 0 N–H and O–H groups in total. The molecule has 2 heterocycles. The second-order valence-electron chi connectivity index (χ2n) is 20.3. The summed E-state index contributed by atoms with van der Waals surface area (Å²) in [6.45, 7) is 0. The van der Waals surface area contributed by atoms with Gasteiger partial charge in [0.15, 0.2) is 0 Å². The molecule has 0 radical (unpaired) electrons. The highest BCUT2D eigenvalue weighted by Gasteiger charge is 2.51. The van der Waals surface area contributed by atoms with Gasteiger partial charge in [0.2, 0.25) is 0 Å². The lowest BCUT2D eigenvalue weighted by atomic mass is 9.70. The lowest BCUT2D eigenvalue weighted by Crippen LogP contribution is -2.26. The molecule has 3 heteroatoms. The van der Waals surface area contributed by atoms with Crippen LogP contribution in [0.25, 0.3) is 105 Å². The number of para-hydroxylation sites is 2. The van der Waals surface area contributed by atoms with E-state index in [0.29, 0.717) is 0 Å². The van der Waals surface area contributed by atoms with Crippen molar-refractivity contribution >= 4 is 60.8 Å². The van der Waals surface area contributed by atoms with Crippen molar-refractivity contribution in [1.82, 2.24) is 4.57 Å². The highest BCUT2D eigenvalue weighted by atomic mass is 16.3. The van der Waals surface area contributed by atoms with E-state index in [4.69, 9.17) is 4.42 Å². The van der Waals surface area contributed by atoms with Gasteiger partial charge in [-0.1, -0.05) is 200 Å². The third-order valence-corrected chi connectivity index (χ3v) is 16.4. The highest BCUT2D eigenvalue weighted by Crippen LogP contribution is 2.63. The van der Waals surface area contributed by atoms with Crippen LogP contribution in [0.3, 0.4) is 0 Å². The SMILES string of the molecule is c1ccc(-c2ccc(N(c3ccc4c(c3)C3(c5ccccc5-c5ccccc53)c3ccccc3-4)c3c(-c4ccccc4)ccc4oc5ccc(-c6ccc7c(c6)c6ccccc6n7-c6ccccc6)cc5c34)cc2)cc1. The molecule has 2 aliphatic rings. The van der Waals surface area contributed by atoms with Crippen LogP contribution in [0.4, 0.5) is 17.1 Å². The summed E-state index contributed by atoms with van der Waals surface area (Å²) in [5, 5.41) is 4.56. The van der Waals surface area contributed by atoms with Crippen molar-refractivity contribution in [2.45, 2.75) is 5.41 Å². The average molecular weight is 967 g/mol. The molecule has 2 aromatic heterocycles. The van der Waals surface area contributed by atoms with Crippen LogP contribution < -0.4 is 4.90 Å². The van der Waals surface area contributed by atoms with Crippen LogP contribution in [0.15, 0.2) is 283 Å². The molecule has 0 atom stereocenters. The van der Waals surface area contributed by atoms with Crippen molar-refractivity contribution in [3.05, 3.63) is 301 Å². The zero-order chi connectivity index (χ0) is 49.9. The van der Waals surface area contributed by atoms with Gasteiger partial charge in [0, 0.05) is 38.8 Å². The summed E-state index contributed by atoms with van der Waals surface area (Å²) in [5.41, 5.74) is 25.1. The number of anilines is 3. The molecule has 0 bridgehead atoms. The number of fused-ring (bicyclic) bond motifs is 16. The molecule has 16 rings (SSSR count). The Bertz CT molecular complexity index is 4560. The maximum atomic E-state index is 6.99. The van der Waals surface area contributed by atoms with Crippen LogP contribution in [0.1, 0.15) is 22.3 Å². The van der Waals surface area contributed by atoms with E-state index in [2.05, 4.69) is 289 Å². The van der Waals surface area contributed by atoms with Gasteiger partial charge in [0.25, 0.3) is 0 Å². The summed E-state index contributed by atoms with van der Waals surface area (Å²) >= 11 is 0. The van der Waals surface area contributed by atoms with E-state index in [-0.39, 0.29) is 0 Å². The fraction of sp³-hybridized carbons (Fsp3) is 0.0137. The molecule has 0 unspecified atom stereocenters. The summed E-state index contributed by atoms with van der Waals surface area (Å²) in [6.07, 6.45) is 0. The quantitative estimate of drug-likeness (QED) is 0.159. The van der Waals surface area contributed by atoms with Gasteiger partial charge in [-0.15, -0.1) is 0 Å². The molecule has 2 aliphatic carbocycles.